The van der Waals surface area contributed by atoms with Crippen molar-refractivity contribution < 1.29 is 14.3 Å². The van der Waals surface area contributed by atoms with E-state index in [-0.39, 0.29) is 18.0 Å². The second kappa shape index (κ2) is 6.27. The van der Waals surface area contributed by atoms with Crippen molar-refractivity contribution in [3.8, 4) is 0 Å². The Kier molecular flexibility index (Phi) is 4.96. The van der Waals surface area contributed by atoms with Crippen LogP contribution in [-0.2, 0) is 9.53 Å². The van der Waals surface area contributed by atoms with Gasteiger partial charge in [0.05, 0.1) is 19.2 Å². The number of nitrogens with one attached hydrogen (secondary N) is 2. The molecule has 110 valence electrons. The smallest absolute Gasteiger partial charge is 0.340 e. The van der Waals surface area contributed by atoms with Gasteiger partial charge in [0, 0.05) is 16.9 Å². The van der Waals surface area contributed by atoms with E-state index in [2.05, 4.69) is 15.4 Å². The summed E-state index contributed by atoms with van der Waals surface area (Å²) in [6.07, 6.45) is 0. The topological polar surface area (TPSA) is 93.4 Å². The van der Waals surface area contributed by atoms with E-state index in [0.29, 0.717) is 16.9 Å². The SMILES string of the molecule is COC(=O)c1cc(N)ccc1NCC(=O)NC(C)(C)C. The maximum Gasteiger partial charge on any atom is 0.340 e. The third-order valence-electron chi connectivity index (χ3n) is 2.40. The monoisotopic (exact) mass is 279 g/mol. The van der Waals surface area contributed by atoms with Crippen LogP contribution in [0.2, 0.25) is 0 Å². The van der Waals surface area contributed by atoms with Gasteiger partial charge < -0.3 is 21.1 Å². The number of rotatable bonds is 4. The van der Waals surface area contributed by atoms with Crippen LogP contribution in [0, 0.1) is 0 Å². The largest absolute Gasteiger partial charge is 0.465 e. The Morgan fingerprint density at radius 3 is 2.50 bits per heavy atom. The van der Waals surface area contributed by atoms with E-state index in [9.17, 15) is 9.59 Å². The number of methoxy groups -OCH3 is 1. The molecule has 0 aromatic heterocycles. The molecule has 0 spiro atoms. The van der Waals surface area contributed by atoms with Crippen molar-refractivity contribution in [3.63, 3.8) is 0 Å². The highest BCUT2D eigenvalue weighted by Crippen LogP contribution is 2.19. The summed E-state index contributed by atoms with van der Waals surface area (Å²) >= 11 is 0. The van der Waals surface area contributed by atoms with E-state index in [0.717, 1.165) is 0 Å². The summed E-state index contributed by atoms with van der Waals surface area (Å²) in [7, 11) is 1.29. The molecule has 0 bridgehead atoms. The minimum atomic E-state index is -0.504. The highest BCUT2D eigenvalue weighted by atomic mass is 16.5. The molecule has 0 heterocycles. The van der Waals surface area contributed by atoms with Crippen LogP contribution < -0.4 is 16.4 Å². The van der Waals surface area contributed by atoms with Gasteiger partial charge in [-0.2, -0.15) is 0 Å². The second-order valence-corrected chi connectivity index (χ2v) is 5.45. The molecule has 0 aliphatic heterocycles. The predicted molar refractivity (Wildman–Crippen MR) is 78.6 cm³/mol. The standard InChI is InChI=1S/C14H21N3O3/c1-14(2,3)17-12(18)8-16-11-6-5-9(15)7-10(11)13(19)20-4/h5-7,16H,8,15H2,1-4H3,(H,17,18). The summed E-state index contributed by atoms with van der Waals surface area (Å²) in [5.74, 6) is -0.666. The van der Waals surface area contributed by atoms with Crippen LogP contribution in [0.4, 0.5) is 11.4 Å². The van der Waals surface area contributed by atoms with Gasteiger partial charge >= 0.3 is 5.97 Å². The average molecular weight is 279 g/mol. The lowest BCUT2D eigenvalue weighted by molar-refractivity contribution is -0.120. The van der Waals surface area contributed by atoms with E-state index >= 15 is 0 Å². The first-order chi connectivity index (χ1) is 9.23. The third-order valence-corrected chi connectivity index (χ3v) is 2.40. The summed E-state index contributed by atoms with van der Waals surface area (Å²) < 4.78 is 4.68. The molecule has 0 atom stereocenters. The Hall–Kier alpha value is -2.24. The molecule has 6 heteroatoms. The van der Waals surface area contributed by atoms with Gasteiger partial charge in [0.15, 0.2) is 0 Å². The summed E-state index contributed by atoms with van der Waals surface area (Å²) in [5.41, 5.74) is 6.61. The van der Waals surface area contributed by atoms with Crippen molar-refractivity contribution in [2.24, 2.45) is 0 Å². The number of benzene rings is 1. The fourth-order valence-electron chi connectivity index (χ4n) is 1.63. The lowest BCUT2D eigenvalue weighted by Gasteiger charge is -2.21. The number of anilines is 2. The minimum absolute atomic E-state index is 0.0607. The lowest BCUT2D eigenvalue weighted by atomic mass is 10.1. The third kappa shape index (κ3) is 4.79. The number of nitrogens with two attached hydrogens (primary N) is 1. The van der Waals surface area contributed by atoms with E-state index in [1.54, 1.807) is 12.1 Å². The molecular weight excluding hydrogens is 258 g/mol. The van der Waals surface area contributed by atoms with Gasteiger partial charge in [-0.25, -0.2) is 4.79 Å². The normalized spacial score (nSPS) is 10.8. The van der Waals surface area contributed by atoms with Crippen LogP contribution in [0.1, 0.15) is 31.1 Å². The fraction of sp³-hybridized carbons (Fsp3) is 0.429. The molecule has 0 fully saturated rings. The summed E-state index contributed by atoms with van der Waals surface area (Å²) in [4.78, 5) is 23.4. The quantitative estimate of drug-likeness (QED) is 0.572. The van der Waals surface area contributed by atoms with E-state index in [1.807, 2.05) is 20.8 Å². The van der Waals surface area contributed by atoms with Crippen molar-refractivity contribution in [2.75, 3.05) is 24.7 Å². The maximum atomic E-state index is 11.7. The predicted octanol–water partition coefficient (Wildman–Crippen LogP) is 1.38. The molecule has 1 aromatic carbocycles. The molecular formula is C14H21N3O3. The van der Waals surface area contributed by atoms with E-state index in [4.69, 9.17) is 5.73 Å². The minimum Gasteiger partial charge on any atom is -0.465 e. The molecule has 0 radical (unpaired) electrons. The van der Waals surface area contributed by atoms with Gasteiger partial charge in [-0.1, -0.05) is 0 Å². The fourth-order valence-corrected chi connectivity index (χ4v) is 1.63. The van der Waals surface area contributed by atoms with Crippen LogP contribution in [0.25, 0.3) is 0 Å². The van der Waals surface area contributed by atoms with Crippen LogP contribution in [-0.4, -0.2) is 31.1 Å². The van der Waals surface area contributed by atoms with Gasteiger partial charge in [-0.15, -0.1) is 0 Å². The Labute approximate surface area is 118 Å². The highest BCUT2D eigenvalue weighted by Gasteiger charge is 2.16. The average Bonchev–Trinajstić information content (AvgIpc) is 2.34. The lowest BCUT2D eigenvalue weighted by Crippen LogP contribution is -2.43. The molecule has 0 saturated carbocycles. The Morgan fingerprint density at radius 1 is 1.30 bits per heavy atom. The molecule has 0 unspecified atom stereocenters. The number of hydrogen-bond acceptors (Lipinski definition) is 5. The van der Waals surface area contributed by atoms with Crippen molar-refractivity contribution in [3.05, 3.63) is 23.8 Å². The second-order valence-electron chi connectivity index (χ2n) is 5.45. The molecule has 6 nitrogen and oxygen atoms in total. The number of ether oxygens (including phenoxy) is 1. The van der Waals surface area contributed by atoms with Crippen LogP contribution in [0.5, 0.6) is 0 Å². The van der Waals surface area contributed by atoms with E-state index in [1.165, 1.54) is 13.2 Å². The molecule has 0 saturated heterocycles. The zero-order chi connectivity index (χ0) is 15.3. The number of nitrogen functional groups attached to an aromatic ring is 1. The number of esters is 1. The van der Waals surface area contributed by atoms with Crippen molar-refractivity contribution >= 4 is 23.3 Å². The number of amides is 1. The zero-order valence-corrected chi connectivity index (χ0v) is 12.2. The Balaban J connectivity index is 2.78. The zero-order valence-electron chi connectivity index (χ0n) is 12.2. The summed E-state index contributed by atoms with van der Waals surface area (Å²) in [6.45, 7) is 5.75. The van der Waals surface area contributed by atoms with Crippen LogP contribution in [0.3, 0.4) is 0 Å². The summed E-state index contributed by atoms with van der Waals surface area (Å²) in [5, 5.41) is 5.73. The molecule has 20 heavy (non-hydrogen) atoms. The molecule has 0 aliphatic rings. The van der Waals surface area contributed by atoms with Gasteiger partial charge in [0.25, 0.3) is 0 Å². The number of carbonyl (C=O) groups is 2. The molecule has 1 rings (SSSR count). The first-order valence-electron chi connectivity index (χ1n) is 6.25. The highest BCUT2D eigenvalue weighted by molar-refractivity contribution is 5.97. The number of hydrogen-bond donors (Lipinski definition) is 3. The molecule has 0 aliphatic carbocycles. The van der Waals surface area contributed by atoms with E-state index < -0.39 is 5.97 Å². The van der Waals surface area contributed by atoms with Crippen LogP contribution in [0.15, 0.2) is 18.2 Å². The maximum absolute atomic E-state index is 11.7. The van der Waals surface area contributed by atoms with Gasteiger partial charge in [0.2, 0.25) is 5.91 Å². The molecule has 1 amide bonds. The molecule has 1 aromatic rings. The molecule has 4 N–H and O–H groups in total. The number of carbonyl (C=O) groups excluding carboxylic acids is 2. The van der Waals surface area contributed by atoms with Gasteiger partial charge in [-0.05, 0) is 39.0 Å². The Bertz CT molecular complexity index is 507. The van der Waals surface area contributed by atoms with Crippen molar-refractivity contribution in [2.45, 2.75) is 26.3 Å². The van der Waals surface area contributed by atoms with Crippen molar-refractivity contribution in [1.29, 1.82) is 0 Å². The van der Waals surface area contributed by atoms with Gasteiger partial charge in [0.1, 0.15) is 0 Å². The van der Waals surface area contributed by atoms with Gasteiger partial charge in [-0.3, -0.25) is 4.79 Å². The Morgan fingerprint density at radius 2 is 1.95 bits per heavy atom. The first-order valence-corrected chi connectivity index (χ1v) is 6.25. The van der Waals surface area contributed by atoms with Crippen LogP contribution >= 0.6 is 0 Å². The van der Waals surface area contributed by atoms with Crippen molar-refractivity contribution in [1.82, 2.24) is 5.32 Å². The summed E-state index contributed by atoms with van der Waals surface area (Å²) in [6, 6.07) is 4.80. The first kappa shape index (κ1) is 15.8.